The highest BCUT2D eigenvalue weighted by molar-refractivity contribution is 6.02. The van der Waals surface area contributed by atoms with Gasteiger partial charge in [-0.25, -0.2) is 4.79 Å². The maximum Gasteiger partial charge on any atom is 0.366 e. The molecule has 1 aromatic heterocycles. The Balaban J connectivity index is 1.74. The van der Waals surface area contributed by atoms with E-state index in [1.807, 2.05) is 62.3 Å². The lowest BCUT2D eigenvalue weighted by Gasteiger charge is -2.23. The lowest BCUT2D eigenvalue weighted by Crippen LogP contribution is -2.39. The number of amides is 1. The van der Waals surface area contributed by atoms with Crippen LogP contribution in [0.15, 0.2) is 76.0 Å². The summed E-state index contributed by atoms with van der Waals surface area (Å²) in [5.41, 5.74) is 1.20. The number of benzene rings is 3. The van der Waals surface area contributed by atoms with Gasteiger partial charge in [-0.1, -0.05) is 40.9 Å². The number of aromatic nitrogens is 1. The molecule has 0 radical (unpaired) electrons. The molecule has 1 unspecified atom stereocenters. The fourth-order valence-corrected chi connectivity index (χ4v) is 3.59. The van der Waals surface area contributed by atoms with Crippen LogP contribution < -0.4 is 15.8 Å². The Bertz CT molecular complexity index is 1510. The molecule has 0 aliphatic carbocycles. The molecular formula is C28H25N3O4. The molecule has 7 heteroatoms. The Morgan fingerprint density at radius 1 is 1.00 bits per heavy atom. The van der Waals surface area contributed by atoms with Crippen LogP contribution in [0.25, 0.3) is 10.8 Å². The van der Waals surface area contributed by atoms with Crippen LogP contribution in [0.5, 0.6) is 0 Å². The van der Waals surface area contributed by atoms with Crippen molar-refractivity contribution in [2.24, 2.45) is 0 Å². The number of nitrogens with zero attached hydrogens (tertiary/aromatic N) is 2. The van der Waals surface area contributed by atoms with Gasteiger partial charge in [0, 0.05) is 42.0 Å². The van der Waals surface area contributed by atoms with Crippen molar-refractivity contribution in [3.05, 3.63) is 99.5 Å². The van der Waals surface area contributed by atoms with Crippen LogP contribution in [0.4, 0.5) is 11.4 Å². The lowest BCUT2D eigenvalue weighted by molar-refractivity contribution is -0.129. The van der Waals surface area contributed by atoms with Gasteiger partial charge >= 0.3 is 5.63 Å². The summed E-state index contributed by atoms with van der Waals surface area (Å²) in [6.45, 7) is 3.67. The summed E-state index contributed by atoms with van der Waals surface area (Å²) in [4.78, 5) is 27.3. The topological polar surface area (TPSA) is 95.7 Å². The quantitative estimate of drug-likeness (QED) is 0.444. The molecule has 1 amide bonds. The minimum atomic E-state index is -2.13. The Labute approximate surface area is 203 Å². The van der Waals surface area contributed by atoms with Crippen LogP contribution in [-0.4, -0.2) is 30.3 Å². The number of carbonyl (C=O) groups is 1. The van der Waals surface area contributed by atoms with Gasteiger partial charge in [-0.2, -0.15) is 0 Å². The molecule has 4 aromatic rings. The highest BCUT2D eigenvalue weighted by Crippen LogP contribution is 2.27. The molecular weight excluding hydrogens is 442 g/mol. The second-order valence-electron chi connectivity index (χ2n) is 8.54. The Morgan fingerprint density at radius 3 is 2.34 bits per heavy atom. The van der Waals surface area contributed by atoms with Crippen molar-refractivity contribution in [2.75, 3.05) is 24.3 Å². The summed E-state index contributed by atoms with van der Waals surface area (Å²) in [5.74, 6) is 4.98. The average molecular weight is 468 g/mol. The molecule has 4 rings (SSSR count). The Kier molecular flexibility index (Phi) is 6.41. The van der Waals surface area contributed by atoms with Gasteiger partial charge in [0.05, 0.1) is 11.1 Å². The summed E-state index contributed by atoms with van der Waals surface area (Å²) in [7, 11) is 3.81. The predicted octanol–water partition coefficient (Wildman–Crippen LogP) is 3.75. The van der Waals surface area contributed by atoms with Crippen LogP contribution in [0.1, 0.15) is 22.4 Å². The summed E-state index contributed by atoms with van der Waals surface area (Å²) in [6, 6.07) is 19.2. The van der Waals surface area contributed by atoms with E-state index in [1.54, 1.807) is 37.3 Å². The molecule has 0 aliphatic heterocycles. The van der Waals surface area contributed by atoms with Crippen molar-refractivity contribution >= 4 is 28.1 Å². The van der Waals surface area contributed by atoms with Crippen molar-refractivity contribution in [1.82, 2.24) is 5.16 Å². The van der Waals surface area contributed by atoms with E-state index in [4.69, 9.17) is 4.52 Å². The number of hydrogen-bond donors (Lipinski definition) is 2. The van der Waals surface area contributed by atoms with Crippen molar-refractivity contribution in [3.8, 4) is 11.8 Å². The standard InChI is InChI=1S/C28H25N3O4/c1-18-5-7-20(8-6-18)15-16-28(34,21-9-12-23(13-10-21)31(3)4)27(33)29-22-11-14-24-25(17-22)19(2)30-35-26(24)32/h5-14,17,34H,1-4H3,(H,29,33). The molecule has 0 spiro atoms. The minimum Gasteiger partial charge on any atom is -0.378 e. The first kappa shape index (κ1) is 23.7. The Hall–Kier alpha value is -4.41. The molecule has 1 heterocycles. The second kappa shape index (κ2) is 9.45. The molecule has 3 aromatic carbocycles. The lowest BCUT2D eigenvalue weighted by atomic mass is 9.92. The van der Waals surface area contributed by atoms with E-state index in [9.17, 15) is 14.7 Å². The van der Waals surface area contributed by atoms with E-state index in [1.165, 1.54) is 0 Å². The maximum atomic E-state index is 13.4. The van der Waals surface area contributed by atoms with Crippen molar-refractivity contribution in [2.45, 2.75) is 19.4 Å². The average Bonchev–Trinajstić information content (AvgIpc) is 2.86. The number of nitrogens with one attached hydrogen (secondary N) is 1. The van der Waals surface area contributed by atoms with E-state index in [2.05, 4.69) is 22.3 Å². The van der Waals surface area contributed by atoms with Crippen molar-refractivity contribution < 1.29 is 14.4 Å². The summed E-state index contributed by atoms with van der Waals surface area (Å²) < 4.78 is 4.76. The normalized spacial score (nSPS) is 12.4. The van der Waals surface area contributed by atoms with E-state index < -0.39 is 17.1 Å². The molecule has 7 nitrogen and oxygen atoms in total. The van der Waals surface area contributed by atoms with E-state index in [-0.39, 0.29) is 0 Å². The van der Waals surface area contributed by atoms with Crippen molar-refractivity contribution in [3.63, 3.8) is 0 Å². The van der Waals surface area contributed by atoms with Crippen LogP contribution in [0.3, 0.4) is 0 Å². The first-order valence-corrected chi connectivity index (χ1v) is 11.0. The smallest absolute Gasteiger partial charge is 0.366 e. The first-order chi connectivity index (χ1) is 16.7. The summed E-state index contributed by atoms with van der Waals surface area (Å²) in [6.07, 6.45) is 0. The second-order valence-corrected chi connectivity index (χ2v) is 8.54. The highest BCUT2D eigenvalue weighted by Gasteiger charge is 2.36. The fraction of sp³-hybridized carbons (Fsp3) is 0.179. The zero-order chi connectivity index (χ0) is 25.2. The fourth-order valence-electron chi connectivity index (χ4n) is 3.59. The SMILES string of the molecule is Cc1ccc(C#CC(O)(C(=O)Nc2ccc3c(=O)onc(C)c3c2)c2ccc(N(C)C)cc2)cc1. The number of aliphatic hydroxyl groups is 1. The van der Waals surface area contributed by atoms with Gasteiger partial charge in [-0.15, -0.1) is 0 Å². The molecule has 0 aliphatic rings. The van der Waals surface area contributed by atoms with Crippen LogP contribution in [-0.2, 0) is 10.4 Å². The van der Waals surface area contributed by atoms with Gasteiger partial charge in [-0.05, 0) is 62.2 Å². The number of hydrogen-bond acceptors (Lipinski definition) is 6. The van der Waals surface area contributed by atoms with Crippen molar-refractivity contribution in [1.29, 1.82) is 0 Å². The summed E-state index contributed by atoms with van der Waals surface area (Å²) in [5, 5.41) is 19.0. The van der Waals surface area contributed by atoms with Gasteiger partial charge in [-0.3, -0.25) is 4.79 Å². The molecule has 2 N–H and O–H groups in total. The minimum absolute atomic E-state index is 0.333. The van der Waals surface area contributed by atoms with Gasteiger partial charge in [0.1, 0.15) is 0 Å². The van der Waals surface area contributed by atoms with E-state index in [0.717, 1.165) is 11.3 Å². The van der Waals surface area contributed by atoms with Gasteiger partial charge in [0.15, 0.2) is 0 Å². The molecule has 35 heavy (non-hydrogen) atoms. The van der Waals surface area contributed by atoms with Gasteiger partial charge in [0.25, 0.3) is 5.91 Å². The van der Waals surface area contributed by atoms with Crippen LogP contribution >= 0.6 is 0 Å². The molecule has 1 atom stereocenters. The number of carbonyl (C=O) groups excluding carboxylic acids is 1. The predicted molar refractivity (Wildman–Crippen MR) is 136 cm³/mol. The third kappa shape index (κ3) is 4.93. The molecule has 0 bridgehead atoms. The molecule has 0 saturated heterocycles. The van der Waals surface area contributed by atoms with Gasteiger partial charge in [0.2, 0.25) is 5.60 Å². The number of rotatable bonds is 4. The third-order valence-corrected chi connectivity index (χ3v) is 5.72. The number of fused-ring (bicyclic) bond motifs is 1. The zero-order valence-electron chi connectivity index (χ0n) is 19.9. The zero-order valence-corrected chi connectivity index (χ0v) is 19.9. The summed E-state index contributed by atoms with van der Waals surface area (Å²) >= 11 is 0. The Morgan fingerprint density at radius 2 is 1.69 bits per heavy atom. The number of anilines is 2. The van der Waals surface area contributed by atoms with Crippen LogP contribution in [0.2, 0.25) is 0 Å². The maximum absolute atomic E-state index is 13.4. The third-order valence-electron chi connectivity index (χ3n) is 5.72. The monoisotopic (exact) mass is 467 g/mol. The molecule has 0 saturated carbocycles. The first-order valence-electron chi connectivity index (χ1n) is 11.0. The van der Waals surface area contributed by atoms with E-state index in [0.29, 0.717) is 33.3 Å². The highest BCUT2D eigenvalue weighted by atomic mass is 16.5. The van der Waals surface area contributed by atoms with Gasteiger partial charge < -0.3 is 19.8 Å². The molecule has 176 valence electrons. The molecule has 0 fully saturated rings. The largest absolute Gasteiger partial charge is 0.378 e. The number of aryl methyl sites for hydroxylation is 2. The van der Waals surface area contributed by atoms with Crippen LogP contribution in [0, 0.1) is 25.7 Å². The van der Waals surface area contributed by atoms with E-state index >= 15 is 0 Å².